The first-order chi connectivity index (χ1) is 15.7. The van der Waals surface area contributed by atoms with Gasteiger partial charge >= 0.3 is 0 Å². The number of H-pyrrole nitrogens is 2. The largest absolute Gasteiger partial charge is 0.358 e. The summed E-state index contributed by atoms with van der Waals surface area (Å²) in [5, 5.41) is 0. The molecule has 4 rings (SSSR count). The van der Waals surface area contributed by atoms with Crippen molar-refractivity contribution in [3.05, 3.63) is 78.7 Å². The van der Waals surface area contributed by atoms with Gasteiger partial charge in [0.1, 0.15) is 0 Å². The number of hydrogen-bond donors (Lipinski definition) is 4. The zero-order chi connectivity index (χ0) is 23.9. The molecule has 4 heterocycles. The minimum Gasteiger partial charge on any atom is -0.358 e. The molecule has 0 unspecified atom stereocenters. The van der Waals surface area contributed by atoms with E-state index in [9.17, 15) is 0 Å². The van der Waals surface area contributed by atoms with Crippen molar-refractivity contribution >= 4 is 24.6 Å². The Morgan fingerprint density at radius 1 is 0.667 bits per heavy atom. The van der Waals surface area contributed by atoms with Crippen LogP contribution >= 0.6 is 0 Å². The van der Waals surface area contributed by atoms with Gasteiger partial charge in [-0.1, -0.05) is 13.8 Å². The van der Waals surface area contributed by atoms with Crippen molar-refractivity contribution in [3.63, 3.8) is 0 Å². The summed E-state index contributed by atoms with van der Waals surface area (Å²) in [6.45, 7) is 17.7. The number of aromatic amines is 2. The Balaban J connectivity index is 1.71. The highest BCUT2D eigenvalue weighted by molar-refractivity contribution is 5.80. The third-order valence-corrected chi connectivity index (χ3v) is 7.53. The Morgan fingerprint density at radius 2 is 1.06 bits per heavy atom. The highest BCUT2D eigenvalue weighted by Crippen LogP contribution is 2.28. The molecule has 0 saturated heterocycles. The number of aromatic nitrogens is 2. The standard InChI is InChI=1S/C29H36N4/c1-9-22-20(7)26(11-24-18(5)16(3)14-30-24)32-28(22)13-29-23(10-2)21(8)27(33-29)12-25-19(6)17(4)15-31-25/h11-12,14-15,32-33H,9-10,13H2,1-8H3/p+2/b24-11+,25-12+. The number of nitrogens with one attached hydrogen (secondary N) is 4. The Bertz CT molecular complexity index is 1200. The first-order valence-corrected chi connectivity index (χ1v) is 12.1. The van der Waals surface area contributed by atoms with Gasteiger partial charge in [0, 0.05) is 63.6 Å². The molecule has 2 aliphatic rings. The Kier molecular flexibility index (Phi) is 6.29. The maximum absolute atomic E-state index is 3.76. The SMILES string of the molecule is CCc1c(Cc2[nH]c(/C=C3/[NH+]=CC(C)=C3C)c(C)c2CC)[nH]c(/C=C2/[NH+]=CC(C)=C2C)c1C. The Labute approximate surface area is 198 Å². The number of allylic oxidation sites excluding steroid dienone is 4. The van der Waals surface area contributed by atoms with Crippen LogP contribution in [0, 0.1) is 13.8 Å². The van der Waals surface area contributed by atoms with Gasteiger partial charge in [0.25, 0.3) is 0 Å². The lowest BCUT2D eigenvalue weighted by molar-refractivity contribution is -0.381. The second-order valence-electron chi connectivity index (χ2n) is 9.43. The van der Waals surface area contributed by atoms with Crippen molar-refractivity contribution in [2.45, 2.75) is 74.7 Å². The van der Waals surface area contributed by atoms with Crippen LogP contribution in [-0.2, 0) is 19.3 Å². The molecule has 2 aromatic rings. The van der Waals surface area contributed by atoms with Gasteiger partial charge in [-0.3, -0.25) is 0 Å². The molecule has 0 saturated carbocycles. The van der Waals surface area contributed by atoms with E-state index < -0.39 is 0 Å². The van der Waals surface area contributed by atoms with Crippen LogP contribution in [0.5, 0.6) is 0 Å². The maximum atomic E-state index is 3.76. The lowest BCUT2D eigenvalue weighted by Crippen LogP contribution is -2.64. The van der Waals surface area contributed by atoms with Gasteiger partial charge in [0.05, 0.1) is 0 Å². The van der Waals surface area contributed by atoms with Crippen LogP contribution in [0.2, 0.25) is 0 Å². The van der Waals surface area contributed by atoms with E-state index in [4.69, 9.17) is 0 Å². The fraction of sp³-hybridized carbons (Fsp3) is 0.379. The fourth-order valence-corrected chi connectivity index (χ4v) is 4.98. The van der Waals surface area contributed by atoms with Crippen molar-refractivity contribution < 1.29 is 9.98 Å². The molecule has 172 valence electrons. The van der Waals surface area contributed by atoms with Crippen molar-refractivity contribution in [2.24, 2.45) is 0 Å². The molecule has 2 aromatic heterocycles. The highest BCUT2D eigenvalue weighted by Gasteiger charge is 2.21. The minimum absolute atomic E-state index is 0.890. The van der Waals surface area contributed by atoms with Gasteiger partial charge in [-0.2, -0.15) is 0 Å². The summed E-state index contributed by atoms with van der Waals surface area (Å²) >= 11 is 0. The van der Waals surface area contributed by atoms with E-state index in [1.54, 1.807) is 0 Å². The Hall–Kier alpha value is -3.14. The molecule has 0 amide bonds. The average Bonchev–Trinajstić information content (AvgIpc) is 3.47. The predicted molar refractivity (Wildman–Crippen MR) is 139 cm³/mol. The normalized spacial score (nSPS) is 18.3. The summed E-state index contributed by atoms with van der Waals surface area (Å²) in [5.74, 6) is 0. The molecule has 0 fully saturated rings. The molecule has 4 nitrogen and oxygen atoms in total. The van der Waals surface area contributed by atoms with Crippen LogP contribution in [0.15, 0.2) is 33.7 Å². The third kappa shape index (κ3) is 4.15. The lowest BCUT2D eigenvalue weighted by Gasteiger charge is -2.05. The van der Waals surface area contributed by atoms with Gasteiger partial charge < -0.3 is 9.97 Å². The second kappa shape index (κ2) is 9.01. The van der Waals surface area contributed by atoms with Crippen LogP contribution in [0.1, 0.15) is 86.6 Å². The molecule has 4 N–H and O–H groups in total. The van der Waals surface area contributed by atoms with Crippen molar-refractivity contribution in [3.8, 4) is 0 Å². The van der Waals surface area contributed by atoms with Crippen molar-refractivity contribution in [1.29, 1.82) is 0 Å². The smallest absolute Gasteiger partial charge is 0.209 e. The summed E-state index contributed by atoms with van der Waals surface area (Å²) in [5.41, 5.74) is 18.2. The summed E-state index contributed by atoms with van der Waals surface area (Å²) in [6, 6.07) is 0. The predicted octanol–water partition coefficient (Wildman–Crippen LogP) is 3.36. The van der Waals surface area contributed by atoms with Crippen LogP contribution in [-0.4, -0.2) is 22.4 Å². The first kappa shape index (κ1) is 23.0. The number of hydrogen-bond acceptors (Lipinski definition) is 0. The quantitative estimate of drug-likeness (QED) is 0.530. The Morgan fingerprint density at radius 3 is 1.36 bits per heavy atom. The van der Waals surface area contributed by atoms with Crippen LogP contribution in [0.25, 0.3) is 12.2 Å². The van der Waals surface area contributed by atoms with Crippen molar-refractivity contribution in [2.75, 3.05) is 0 Å². The van der Waals surface area contributed by atoms with E-state index in [1.165, 1.54) is 78.7 Å². The molecule has 0 bridgehead atoms. The third-order valence-electron chi connectivity index (χ3n) is 7.53. The molecule has 0 atom stereocenters. The van der Waals surface area contributed by atoms with Crippen LogP contribution in [0.3, 0.4) is 0 Å². The summed E-state index contributed by atoms with van der Waals surface area (Å²) in [4.78, 5) is 14.4. The van der Waals surface area contributed by atoms with Gasteiger partial charge in [-0.15, -0.1) is 0 Å². The van der Waals surface area contributed by atoms with Gasteiger partial charge in [0.2, 0.25) is 11.4 Å². The highest BCUT2D eigenvalue weighted by atomic mass is 14.8. The van der Waals surface area contributed by atoms with Gasteiger partial charge in [0.15, 0.2) is 12.4 Å². The maximum Gasteiger partial charge on any atom is 0.209 e. The van der Waals surface area contributed by atoms with E-state index in [0.717, 1.165) is 19.3 Å². The first-order valence-electron chi connectivity index (χ1n) is 12.1. The molecule has 0 radical (unpaired) electrons. The van der Waals surface area contributed by atoms with Crippen LogP contribution in [0.4, 0.5) is 0 Å². The van der Waals surface area contributed by atoms with E-state index >= 15 is 0 Å². The number of rotatable bonds is 6. The van der Waals surface area contributed by atoms with Crippen molar-refractivity contribution in [1.82, 2.24) is 9.97 Å². The second-order valence-corrected chi connectivity index (χ2v) is 9.43. The average molecular weight is 443 g/mol. The molecule has 2 aliphatic heterocycles. The monoisotopic (exact) mass is 442 g/mol. The molecule has 0 aliphatic carbocycles. The topological polar surface area (TPSA) is 59.5 Å². The lowest BCUT2D eigenvalue weighted by atomic mass is 10.0. The molecular formula is C29H38N4+2. The van der Waals surface area contributed by atoms with E-state index in [1.807, 2.05) is 0 Å². The molecule has 33 heavy (non-hydrogen) atoms. The zero-order valence-electron chi connectivity index (χ0n) is 21.4. The van der Waals surface area contributed by atoms with Gasteiger partial charge in [-0.05, 0) is 76.6 Å². The minimum atomic E-state index is 0.890. The van der Waals surface area contributed by atoms with E-state index in [-0.39, 0.29) is 0 Å². The van der Waals surface area contributed by atoms with Gasteiger partial charge in [-0.25, -0.2) is 9.98 Å². The summed E-state index contributed by atoms with van der Waals surface area (Å²) < 4.78 is 0. The van der Waals surface area contributed by atoms with Crippen LogP contribution < -0.4 is 9.98 Å². The summed E-state index contributed by atoms with van der Waals surface area (Å²) in [7, 11) is 0. The van der Waals surface area contributed by atoms with E-state index in [2.05, 4.69) is 99.9 Å². The molecule has 4 heteroatoms. The zero-order valence-corrected chi connectivity index (χ0v) is 21.4. The fourth-order valence-electron chi connectivity index (χ4n) is 4.98. The van der Waals surface area contributed by atoms with E-state index in [0.29, 0.717) is 0 Å². The summed E-state index contributed by atoms with van der Waals surface area (Å²) in [6.07, 6.45) is 11.6. The molecular weight excluding hydrogens is 404 g/mol. The molecule has 0 aromatic carbocycles. The molecule has 0 spiro atoms.